The van der Waals surface area contributed by atoms with Gasteiger partial charge in [0.15, 0.2) is 0 Å². The molecule has 10 nitrogen and oxygen atoms in total. The summed E-state index contributed by atoms with van der Waals surface area (Å²) in [5, 5.41) is 31.3. The molecule has 1 atom stereocenters. The molecule has 0 saturated carbocycles. The zero-order chi connectivity index (χ0) is 28.6. The number of aromatic amines is 1. The van der Waals surface area contributed by atoms with E-state index in [1.807, 2.05) is 83.5 Å². The van der Waals surface area contributed by atoms with Gasteiger partial charge in [0.1, 0.15) is 5.69 Å². The summed E-state index contributed by atoms with van der Waals surface area (Å²) >= 11 is 0. The third-order valence-corrected chi connectivity index (χ3v) is 6.79. The molecule has 1 amide bonds. The van der Waals surface area contributed by atoms with E-state index in [9.17, 15) is 14.7 Å². The summed E-state index contributed by atoms with van der Waals surface area (Å²) in [5.41, 5.74) is 6.12. The Morgan fingerprint density at radius 3 is 2.37 bits per heavy atom. The summed E-state index contributed by atoms with van der Waals surface area (Å²) in [6.07, 6.45) is 1.90. The first kappa shape index (κ1) is 27.4. The lowest BCUT2D eigenvalue weighted by Gasteiger charge is -2.16. The summed E-state index contributed by atoms with van der Waals surface area (Å²) in [6, 6.07) is 26.9. The number of benzene rings is 3. The molecule has 10 heteroatoms. The van der Waals surface area contributed by atoms with Crippen molar-refractivity contribution in [2.75, 3.05) is 0 Å². The van der Waals surface area contributed by atoms with Crippen molar-refractivity contribution in [2.45, 2.75) is 45.2 Å². The van der Waals surface area contributed by atoms with Gasteiger partial charge in [0.05, 0.1) is 13.0 Å². The van der Waals surface area contributed by atoms with Crippen LogP contribution >= 0.6 is 0 Å². The van der Waals surface area contributed by atoms with E-state index < -0.39 is 12.0 Å². The van der Waals surface area contributed by atoms with Crippen LogP contribution in [-0.4, -0.2) is 53.4 Å². The second-order valence-electron chi connectivity index (χ2n) is 9.86. The Balaban J connectivity index is 1.33. The van der Waals surface area contributed by atoms with Crippen molar-refractivity contribution in [3.05, 3.63) is 107 Å². The summed E-state index contributed by atoms with van der Waals surface area (Å²) < 4.78 is 1.85. The molecule has 3 N–H and O–H groups in total. The highest BCUT2D eigenvalue weighted by Gasteiger charge is 2.21. The number of rotatable bonds is 12. The summed E-state index contributed by atoms with van der Waals surface area (Å²) in [7, 11) is 0. The van der Waals surface area contributed by atoms with E-state index in [-0.39, 0.29) is 18.0 Å². The maximum Gasteiger partial charge on any atom is 0.305 e. The number of nitrogens with one attached hydrogen (secondary N) is 2. The number of tetrazole rings is 1. The Hall–Kier alpha value is -5.12. The smallest absolute Gasteiger partial charge is 0.305 e. The SMILES string of the molecule is CCCc1cc(C(=O)NC(CC(=O)O)Cc2ccccc2)nn1Cc1ccc(-c2ccccc2-c2nn[nH]n2)cc1. The van der Waals surface area contributed by atoms with E-state index in [1.54, 1.807) is 6.07 Å². The van der Waals surface area contributed by atoms with Gasteiger partial charge in [-0.25, -0.2) is 0 Å². The molecule has 0 saturated heterocycles. The molecule has 1 unspecified atom stereocenters. The van der Waals surface area contributed by atoms with Crippen LogP contribution in [0.3, 0.4) is 0 Å². The van der Waals surface area contributed by atoms with Crippen molar-refractivity contribution in [1.29, 1.82) is 0 Å². The first-order valence-electron chi connectivity index (χ1n) is 13.6. The minimum Gasteiger partial charge on any atom is -0.481 e. The zero-order valence-electron chi connectivity index (χ0n) is 22.7. The highest BCUT2D eigenvalue weighted by Crippen LogP contribution is 2.30. The Kier molecular flexibility index (Phi) is 8.58. The molecule has 41 heavy (non-hydrogen) atoms. The van der Waals surface area contributed by atoms with E-state index >= 15 is 0 Å². The maximum atomic E-state index is 13.2. The van der Waals surface area contributed by atoms with Gasteiger partial charge in [-0.2, -0.15) is 10.3 Å². The second kappa shape index (κ2) is 12.8. The topological polar surface area (TPSA) is 139 Å². The lowest BCUT2D eigenvalue weighted by atomic mass is 9.98. The van der Waals surface area contributed by atoms with Crippen LogP contribution in [0.2, 0.25) is 0 Å². The normalized spacial score (nSPS) is 11.7. The first-order valence-corrected chi connectivity index (χ1v) is 13.6. The van der Waals surface area contributed by atoms with Crippen molar-refractivity contribution in [3.8, 4) is 22.5 Å². The van der Waals surface area contributed by atoms with Gasteiger partial charge in [0.2, 0.25) is 5.82 Å². The van der Waals surface area contributed by atoms with Gasteiger partial charge in [-0.15, -0.1) is 10.2 Å². The van der Waals surface area contributed by atoms with Crippen LogP contribution in [0, 0.1) is 0 Å². The number of aromatic nitrogens is 6. The summed E-state index contributed by atoms with van der Waals surface area (Å²) in [6.45, 7) is 2.58. The van der Waals surface area contributed by atoms with Crippen molar-refractivity contribution in [2.24, 2.45) is 0 Å². The minimum absolute atomic E-state index is 0.175. The Bertz CT molecular complexity index is 1600. The number of nitrogens with zero attached hydrogens (tertiary/aromatic N) is 5. The number of carboxylic acid groups (broad SMARTS) is 1. The van der Waals surface area contributed by atoms with Crippen molar-refractivity contribution < 1.29 is 14.7 Å². The van der Waals surface area contributed by atoms with E-state index in [4.69, 9.17) is 0 Å². The van der Waals surface area contributed by atoms with E-state index in [1.165, 1.54) is 0 Å². The lowest BCUT2D eigenvalue weighted by molar-refractivity contribution is -0.137. The minimum atomic E-state index is -0.966. The number of aliphatic carboxylic acids is 1. The van der Waals surface area contributed by atoms with Gasteiger partial charge in [-0.05, 0) is 46.4 Å². The van der Waals surface area contributed by atoms with Crippen LogP contribution in [0.4, 0.5) is 0 Å². The van der Waals surface area contributed by atoms with Crippen LogP contribution in [0.25, 0.3) is 22.5 Å². The molecule has 0 fully saturated rings. The predicted molar refractivity (Wildman–Crippen MR) is 154 cm³/mol. The van der Waals surface area contributed by atoms with Gasteiger partial charge in [0.25, 0.3) is 5.91 Å². The standard InChI is InChI=1S/C31H31N7O3/c1-2-8-25-19-28(31(41)32-24(18-29(39)40)17-21-9-4-3-5-10-21)35-38(25)20-22-13-15-23(16-14-22)26-11-6-7-12-27(26)30-33-36-37-34-30/h3-7,9-16,19,24H,2,8,17-18,20H2,1H3,(H,32,41)(H,39,40)(H,33,34,36,37). The second-order valence-corrected chi connectivity index (χ2v) is 9.86. The van der Waals surface area contributed by atoms with Crippen LogP contribution in [0.1, 0.15) is 47.1 Å². The van der Waals surface area contributed by atoms with Crippen LogP contribution in [0.15, 0.2) is 84.9 Å². The van der Waals surface area contributed by atoms with Gasteiger partial charge < -0.3 is 10.4 Å². The molecule has 2 aromatic heterocycles. The molecule has 3 aromatic carbocycles. The van der Waals surface area contributed by atoms with E-state index in [0.717, 1.165) is 46.4 Å². The zero-order valence-corrected chi connectivity index (χ0v) is 22.7. The number of hydrogen-bond donors (Lipinski definition) is 3. The first-order chi connectivity index (χ1) is 20.0. The molecular formula is C31H31N7O3. The number of amides is 1. The van der Waals surface area contributed by atoms with Gasteiger partial charge in [-0.3, -0.25) is 14.3 Å². The molecule has 0 aliphatic carbocycles. The molecule has 208 valence electrons. The predicted octanol–water partition coefficient (Wildman–Crippen LogP) is 4.55. The Morgan fingerprint density at radius 2 is 1.68 bits per heavy atom. The molecular weight excluding hydrogens is 518 g/mol. The fourth-order valence-corrected chi connectivity index (χ4v) is 4.87. The number of aryl methyl sites for hydroxylation is 1. The number of carbonyl (C=O) groups is 2. The molecule has 0 radical (unpaired) electrons. The lowest BCUT2D eigenvalue weighted by Crippen LogP contribution is -2.38. The fourth-order valence-electron chi connectivity index (χ4n) is 4.87. The van der Waals surface area contributed by atoms with Crippen LogP contribution < -0.4 is 5.32 Å². The summed E-state index contributed by atoms with van der Waals surface area (Å²) in [5.74, 6) is -0.811. The number of carboxylic acids is 1. The number of hydrogen-bond acceptors (Lipinski definition) is 6. The summed E-state index contributed by atoms with van der Waals surface area (Å²) in [4.78, 5) is 24.7. The molecule has 2 heterocycles. The third kappa shape index (κ3) is 6.91. The monoisotopic (exact) mass is 549 g/mol. The molecule has 0 aliphatic rings. The van der Waals surface area contributed by atoms with Crippen LogP contribution in [-0.2, 0) is 24.2 Å². The van der Waals surface area contributed by atoms with Gasteiger partial charge in [0, 0.05) is 17.3 Å². The highest BCUT2D eigenvalue weighted by molar-refractivity contribution is 5.93. The fraction of sp³-hybridized carbons (Fsp3) is 0.226. The van der Waals surface area contributed by atoms with Gasteiger partial charge in [-0.1, -0.05) is 92.2 Å². The van der Waals surface area contributed by atoms with Crippen molar-refractivity contribution >= 4 is 11.9 Å². The van der Waals surface area contributed by atoms with Crippen molar-refractivity contribution in [1.82, 2.24) is 35.7 Å². The molecule has 5 rings (SSSR count). The van der Waals surface area contributed by atoms with Gasteiger partial charge >= 0.3 is 5.97 Å². The number of H-pyrrole nitrogens is 1. The average molecular weight is 550 g/mol. The largest absolute Gasteiger partial charge is 0.481 e. The molecule has 0 bridgehead atoms. The average Bonchev–Trinajstić information content (AvgIpc) is 3.65. The maximum absolute atomic E-state index is 13.2. The molecule has 0 spiro atoms. The quantitative estimate of drug-likeness (QED) is 0.208. The van der Waals surface area contributed by atoms with E-state index in [0.29, 0.717) is 18.8 Å². The van der Waals surface area contributed by atoms with E-state index in [2.05, 4.69) is 38.0 Å². The Morgan fingerprint density at radius 1 is 0.951 bits per heavy atom. The number of carbonyl (C=O) groups excluding carboxylic acids is 1. The van der Waals surface area contributed by atoms with Crippen molar-refractivity contribution in [3.63, 3.8) is 0 Å². The molecule has 5 aromatic rings. The molecule has 0 aliphatic heterocycles. The highest BCUT2D eigenvalue weighted by atomic mass is 16.4. The van der Waals surface area contributed by atoms with Crippen LogP contribution in [0.5, 0.6) is 0 Å². The Labute approximate surface area is 237 Å². The third-order valence-electron chi connectivity index (χ3n) is 6.79.